The summed E-state index contributed by atoms with van der Waals surface area (Å²) in [4.78, 5) is 9.90. The van der Waals surface area contributed by atoms with Gasteiger partial charge in [0.25, 0.3) is 0 Å². The average Bonchev–Trinajstić information content (AvgIpc) is 3.95. The van der Waals surface area contributed by atoms with E-state index in [1.165, 1.54) is 32.5 Å². The molecule has 0 fully saturated rings. The standard InChI is InChI=1S/C38H29N8P/c1-41-24-22-39-37(41)43-23-21-32-36(43)40-38(42(32)2)45-31-20-12-11-19-30(31)44-34(45)25-33-35(44)28-17-9-10-18-29(28)46(33)47(26-13-5-3-6-14-26)27-15-7-4-8-16-27/h3-25H,1-2H3. The third kappa shape index (κ3) is 3.61. The Hall–Kier alpha value is -5.85. The van der Waals surface area contributed by atoms with E-state index in [1.54, 1.807) is 0 Å². The molecule has 0 aliphatic rings. The summed E-state index contributed by atoms with van der Waals surface area (Å²) in [6, 6.07) is 43.8. The molecule has 0 N–H and O–H groups in total. The zero-order chi connectivity index (χ0) is 31.2. The highest BCUT2D eigenvalue weighted by Gasteiger charge is 2.28. The SMILES string of the molecule is Cn1ccnc1-n1ccc2c1nc(-n1c3ccccc3n3c4c5ccccc5n(P(c5ccccc5)c5ccccc5)c4cc13)n2C. The molecule has 4 aromatic carbocycles. The monoisotopic (exact) mass is 628 g/mol. The van der Waals surface area contributed by atoms with Gasteiger partial charge in [0.2, 0.25) is 11.9 Å². The smallest absolute Gasteiger partial charge is 0.218 e. The highest BCUT2D eigenvalue weighted by Crippen LogP contribution is 2.46. The number of rotatable bonds is 5. The Morgan fingerprint density at radius 1 is 0.596 bits per heavy atom. The molecule has 9 heteroatoms. The van der Waals surface area contributed by atoms with Gasteiger partial charge in [0, 0.05) is 54.7 Å². The predicted molar refractivity (Wildman–Crippen MR) is 192 cm³/mol. The molecule has 6 aromatic heterocycles. The Morgan fingerprint density at radius 3 is 1.96 bits per heavy atom. The summed E-state index contributed by atoms with van der Waals surface area (Å²) in [5.74, 6) is 1.69. The van der Waals surface area contributed by atoms with Crippen molar-refractivity contribution in [1.29, 1.82) is 0 Å². The van der Waals surface area contributed by atoms with Crippen LogP contribution >= 0.6 is 8.07 Å². The zero-order valence-corrected chi connectivity index (χ0v) is 26.7. The van der Waals surface area contributed by atoms with Crippen molar-refractivity contribution in [3.8, 4) is 11.9 Å². The lowest BCUT2D eigenvalue weighted by Crippen LogP contribution is -2.16. The second-order valence-corrected chi connectivity index (χ2v) is 14.0. The van der Waals surface area contributed by atoms with Crippen LogP contribution < -0.4 is 10.6 Å². The maximum absolute atomic E-state index is 5.30. The molecule has 0 atom stereocenters. The predicted octanol–water partition coefficient (Wildman–Crippen LogP) is 7.30. The lowest BCUT2D eigenvalue weighted by atomic mass is 10.2. The summed E-state index contributed by atoms with van der Waals surface area (Å²) < 4.78 is 13.6. The van der Waals surface area contributed by atoms with E-state index in [0.29, 0.717) is 0 Å². The van der Waals surface area contributed by atoms with E-state index in [-0.39, 0.29) is 0 Å². The molecular formula is C38H29N8P. The third-order valence-corrected chi connectivity index (χ3v) is 11.7. The largest absolute Gasteiger partial charge is 0.320 e. The molecule has 10 rings (SSSR count). The maximum atomic E-state index is 5.30. The van der Waals surface area contributed by atoms with Crippen molar-refractivity contribution < 1.29 is 0 Å². The van der Waals surface area contributed by atoms with Gasteiger partial charge in [-0.1, -0.05) is 91.0 Å². The van der Waals surface area contributed by atoms with E-state index in [4.69, 9.17) is 4.98 Å². The van der Waals surface area contributed by atoms with Gasteiger partial charge in [0.05, 0.1) is 41.2 Å². The Kier molecular flexibility index (Phi) is 5.51. The number of hydrogen-bond acceptors (Lipinski definition) is 2. The molecule has 6 heterocycles. The number of aryl methyl sites for hydroxylation is 2. The topological polar surface area (TPSA) is 54.8 Å². The lowest BCUT2D eigenvalue weighted by Gasteiger charge is -2.22. The van der Waals surface area contributed by atoms with Gasteiger partial charge in [0.1, 0.15) is 5.65 Å². The van der Waals surface area contributed by atoms with Crippen molar-refractivity contribution in [2.75, 3.05) is 0 Å². The second-order valence-electron chi connectivity index (χ2n) is 11.9. The normalized spacial score (nSPS) is 12.2. The van der Waals surface area contributed by atoms with Crippen molar-refractivity contribution in [2.45, 2.75) is 0 Å². The van der Waals surface area contributed by atoms with Crippen LogP contribution in [0.4, 0.5) is 0 Å². The van der Waals surface area contributed by atoms with Crippen LogP contribution in [-0.4, -0.2) is 37.0 Å². The zero-order valence-electron chi connectivity index (χ0n) is 25.8. The number of para-hydroxylation sites is 3. The van der Waals surface area contributed by atoms with Gasteiger partial charge < -0.3 is 13.5 Å². The lowest BCUT2D eigenvalue weighted by molar-refractivity contribution is 0.827. The summed E-state index contributed by atoms with van der Waals surface area (Å²) in [7, 11) is 3.19. The van der Waals surface area contributed by atoms with E-state index >= 15 is 0 Å². The van der Waals surface area contributed by atoms with Crippen LogP contribution in [0.2, 0.25) is 0 Å². The summed E-state index contributed by atoms with van der Waals surface area (Å²) in [6.07, 6.45) is 5.82. The van der Waals surface area contributed by atoms with Gasteiger partial charge in [-0.25, -0.2) is 4.98 Å². The molecule has 0 spiro atoms. The summed E-state index contributed by atoms with van der Waals surface area (Å²) in [5.41, 5.74) is 8.88. The fourth-order valence-electron chi connectivity index (χ4n) is 7.23. The molecular weight excluding hydrogens is 599 g/mol. The number of hydrogen-bond donors (Lipinski definition) is 0. The molecule has 0 unspecified atom stereocenters. The minimum atomic E-state index is -0.916. The highest BCUT2D eigenvalue weighted by molar-refractivity contribution is 7.72. The van der Waals surface area contributed by atoms with Crippen molar-refractivity contribution in [3.05, 3.63) is 140 Å². The van der Waals surface area contributed by atoms with Crippen LogP contribution in [0.15, 0.2) is 140 Å². The number of fused-ring (bicyclic) bond motifs is 8. The van der Waals surface area contributed by atoms with Crippen LogP contribution in [0.3, 0.4) is 0 Å². The molecule has 0 aliphatic heterocycles. The van der Waals surface area contributed by atoms with Crippen LogP contribution in [0.5, 0.6) is 0 Å². The Bertz CT molecular complexity index is 2730. The number of imidazole rings is 3. The van der Waals surface area contributed by atoms with Crippen LogP contribution in [0, 0.1) is 0 Å². The molecule has 0 saturated carbocycles. The first-order chi connectivity index (χ1) is 23.2. The quantitative estimate of drug-likeness (QED) is 0.188. The first kappa shape index (κ1) is 26.4. The first-order valence-electron chi connectivity index (χ1n) is 15.7. The number of aromatic nitrogens is 8. The number of benzene rings is 4. The van der Waals surface area contributed by atoms with E-state index < -0.39 is 8.07 Å². The van der Waals surface area contributed by atoms with Crippen LogP contribution in [0.1, 0.15) is 0 Å². The van der Waals surface area contributed by atoms with Crippen molar-refractivity contribution in [1.82, 2.24) is 37.0 Å². The summed E-state index contributed by atoms with van der Waals surface area (Å²) in [6.45, 7) is 0. The Labute approximate surface area is 270 Å². The Balaban J connectivity index is 1.32. The molecule has 226 valence electrons. The fourth-order valence-corrected chi connectivity index (χ4v) is 9.65. The van der Waals surface area contributed by atoms with Gasteiger partial charge in [-0.05, 0) is 24.3 Å². The minimum absolute atomic E-state index is 0.830. The van der Waals surface area contributed by atoms with Crippen LogP contribution in [-0.2, 0) is 14.1 Å². The van der Waals surface area contributed by atoms with E-state index in [1.807, 2.05) is 30.2 Å². The van der Waals surface area contributed by atoms with Gasteiger partial charge >= 0.3 is 0 Å². The van der Waals surface area contributed by atoms with Crippen molar-refractivity contribution in [3.63, 3.8) is 0 Å². The molecule has 0 amide bonds. The molecule has 10 aromatic rings. The maximum Gasteiger partial charge on any atom is 0.218 e. The molecule has 47 heavy (non-hydrogen) atoms. The van der Waals surface area contributed by atoms with Gasteiger partial charge in [-0.3, -0.25) is 13.5 Å². The second kappa shape index (κ2) is 9.82. The molecule has 0 aliphatic carbocycles. The van der Waals surface area contributed by atoms with E-state index in [0.717, 1.165) is 39.7 Å². The molecule has 0 radical (unpaired) electrons. The molecule has 8 nitrogen and oxygen atoms in total. The summed E-state index contributed by atoms with van der Waals surface area (Å²) >= 11 is 0. The average molecular weight is 629 g/mol. The van der Waals surface area contributed by atoms with Crippen molar-refractivity contribution in [2.24, 2.45) is 14.1 Å². The van der Waals surface area contributed by atoms with Gasteiger partial charge in [0.15, 0.2) is 5.65 Å². The van der Waals surface area contributed by atoms with Gasteiger partial charge in [-0.2, -0.15) is 4.98 Å². The molecule has 0 bridgehead atoms. The molecule has 0 saturated heterocycles. The number of nitrogens with zero attached hydrogens (tertiary/aromatic N) is 8. The van der Waals surface area contributed by atoms with E-state index in [2.05, 4.69) is 156 Å². The van der Waals surface area contributed by atoms with Crippen LogP contribution in [0.25, 0.3) is 61.7 Å². The minimum Gasteiger partial charge on any atom is -0.320 e. The first-order valence-corrected chi connectivity index (χ1v) is 16.9. The fraction of sp³-hybridized carbons (Fsp3) is 0.0526. The van der Waals surface area contributed by atoms with Crippen molar-refractivity contribution >= 4 is 68.5 Å². The summed E-state index contributed by atoms with van der Waals surface area (Å²) in [5, 5.41) is 3.85. The van der Waals surface area contributed by atoms with Gasteiger partial charge in [-0.15, -0.1) is 0 Å². The Morgan fingerprint density at radius 2 is 1.26 bits per heavy atom. The van der Waals surface area contributed by atoms with E-state index in [9.17, 15) is 0 Å². The third-order valence-electron chi connectivity index (χ3n) is 9.29. The highest BCUT2D eigenvalue weighted by atomic mass is 31.1.